The van der Waals surface area contributed by atoms with Crippen molar-refractivity contribution in [3.63, 3.8) is 0 Å². The lowest BCUT2D eigenvalue weighted by Gasteiger charge is -1.87. The number of ketones is 1. The third-order valence-electron chi connectivity index (χ3n) is 1.79. The Bertz CT molecular complexity index is 263. The van der Waals surface area contributed by atoms with Gasteiger partial charge in [0.2, 0.25) is 0 Å². The molecule has 1 aliphatic rings. The molecule has 11 heavy (non-hydrogen) atoms. The van der Waals surface area contributed by atoms with E-state index < -0.39 is 0 Å². The fourth-order valence-corrected chi connectivity index (χ4v) is 1.08. The zero-order valence-electron chi connectivity index (χ0n) is 6.48. The summed E-state index contributed by atoms with van der Waals surface area (Å²) in [5.41, 5.74) is 1.66. The normalized spacial score (nSPS) is 16.7. The number of hydrogen-bond donors (Lipinski definition) is 1. The zero-order valence-corrected chi connectivity index (χ0v) is 6.48. The van der Waals surface area contributed by atoms with Gasteiger partial charge in [0.15, 0.2) is 5.78 Å². The van der Waals surface area contributed by atoms with E-state index in [1.807, 2.05) is 0 Å². The maximum Gasteiger partial charge on any atom is 0.159 e. The fraction of sp³-hybridized carbons (Fsp3) is 0.444. The average molecular weight is 150 g/mol. The zero-order chi connectivity index (χ0) is 8.27. The van der Waals surface area contributed by atoms with E-state index in [9.17, 15) is 4.79 Å². The number of allylic oxidation sites excluding steroid dienone is 2. The Morgan fingerprint density at radius 3 is 2.73 bits per heavy atom. The molecule has 1 aliphatic carbocycles. The van der Waals surface area contributed by atoms with Gasteiger partial charge in [0.25, 0.3) is 0 Å². The van der Waals surface area contributed by atoms with Crippen LogP contribution < -0.4 is 0 Å². The van der Waals surface area contributed by atoms with Crippen molar-refractivity contribution in [1.29, 1.82) is 0 Å². The summed E-state index contributed by atoms with van der Waals surface area (Å²) in [6, 6.07) is 0. The van der Waals surface area contributed by atoms with Crippen LogP contribution in [0.25, 0.3) is 0 Å². The highest BCUT2D eigenvalue weighted by atomic mass is 16.2. The lowest BCUT2D eigenvalue weighted by molar-refractivity contribution is -0.114. The molecule has 2 heteroatoms. The van der Waals surface area contributed by atoms with Gasteiger partial charge in [0, 0.05) is 17.6 Å². The van der Waals surface area contributed by atoms with Gasteiger partial charge < -0.3 is 5.11 Å². The summed E-state index contributed by atoms with van der Waals surface area (Å²) in [4.78, 5) is 11.0. The molecule has 0 aromatic carbocycles. The van der Waals surface area contributed by atoms with Gasteiger partial charge in [-0.3, -0.25) is 4.79 Å². The molecule has 0 saturated carbocycles. The summed E-state index contributed by atoms with van der Waals surface area (Å²) in [7, 11) is 0. The second kappa shape index (κ2) is 3.36. The molecule has 0 spiro atoms. The van der Waals surface area contributed by atoms with E-state index in [1.54, 1.807) is 6.92 Å². The minimum atomic E-state index is -0.134. The molecule has 1 rings (SSSR count). The van der Waals surface area contributed by atoms with Gasteiger partial charge in [-0.25, -0.2) is 0 Å². The van der Waals surface area contributed by atoms with E-state index in [4.69, 9.17) is 5.11 Å². The second-order valence-corrected chi connectivity index (χ2v) is 2.49. The van der Waals surface area contributed by atoms with Crippen LogP contribution in [0.1, 0.15) is 19.8 Å². The summed E-state index contributed by atoms with van der Waals surface area (Å²) in [6.07, 6.45) is 1.33. The van der Waals surface area contributed by atoms with Crippen LogP contribution >= 0.6 is 0 Å². The second-order valence-electron chi connectivity index (χ2n) is 2.49. The van der Waals surface area contributed by atoms with E-state index in [-0.39, 0.29) is 12.4 Å². The van der Waals surface area contributed by atoms with Crippen LogP contribution in [0.3, 0.4) is 0 Å². The number of carbonyl (C=O) groups excluding carboxylic acids is 1. The third-order valence-corrected chi connectivity index (χ3v) is 1.79. The van der Waals surface area contributed by atoms with Crippen molar-refractivity contribution in [3.8, 4) is 11.8 Å². The molecule has 0 atom stereocenters. The lowest BCUT2D eigenvalue weighted by atomic mass is 10.2. The van der Waals surface area contributed by atoms with Gasteiger partial charge in [-0.1, -0.05) is 11.8 Å². The number of rotatable bonds is 0. The first-order valence-corrected chi connectivity index (χ1v) is 3.58. The summed E-state index contributed by atoms with van der Waals surface area (Å²) in [5.74, 6) is 5.49. The molecular weight excluding hydrogens is 140 g/mol. The molecule has 0 unspecified atom stereocenters. The van der Waals surface area contributed by atoms with Gasteiger partial charge in [-0.15, -0.1) is 0 Å². The van der Waals surface area contributed by atoms with Crippen molar-refractivity contribution < 1.29 is 9.90 Å². The van der Waals surface area contributed by atoms with Gasteiger partial charge in [0.1, 0.15) is 6.61 Å². The molecule has 1 N–H and O–H groups in total. The first kappa shape index (κ1) is 8.03. The maximum atomic E-state index is 11.0. The van der Waals surface area contributed by atoms with Gasteiger partial charge in [-0.05, 0) is 13.3 Å². The Labute approximate surface area is 65.9 Å². The van der Waals surface area contributed by atoms with Crippen molar-refractivity contribution in [2.45, 2.75) is 19.8 Å². The number of aliphatic hydroxyl groups excluding tert-OH is 1. The molecule has 0 fully saturated rings. The van der Waals surface area contributed by atoms with E-state index in [2.05, 4.69) is 11.8 Å². The summed E-state index contributed by atoms with van der Waals surface area (Å²) < 4.78 is 0. The summed E-state index contributed by atoms with van der Waals surface area (Å²) in [6.45, 7) is 1.65. The first-order valence-electron chi connectivity index (χ1n) is 3.58. The van der Waals surface area contributed by atoms with Gasteiger partial charge in [-0.2, -0.15) is 0 Å². The Balaban J connectivity index is 2.80. The highest BCUT2D eigenvalue weighted by molar-refractivity contribution is 5.99. The smallest absolute Gasteiger partial charge is 0.159 e. The largest absolute Gasteiger partial charge is 0.384 e. The maximum absolute atomic E-state index is 11.0. The highest BCUT2D eigenvalue weighted by Gasteiger charge is 2.16. The summed E-state index contributed by atoms with van der Waals surface area (Å²) in [5, 5.41) is 8.40. The molecule has 2 nitrogen and oxygen atoms in total. The monoisotopic (exact) mass is 150 g/mol. The number of carbonyl (C=O) groups is 1. The molecule has 58 valence electrons. The molecule has 0 amide bonds. The summed E-state index contributed by atoms with van der Waals surface area (Å²) >= 11 is 0. The predicted octanol–water partition coefficient (Wildman–Crippen LogP) is 0.661. The number of hydrogen-bond acceptors (Lipinski definition) is 2. The molecular formula is C9H10O2. The van der Waals surface area contributed by atoms with E-state index in [1.165, 1.54) is 0 Å². The predicted molar refractivity (Wildman–Crippen MR) is 41.8 cm³/mol. The Kier molecular flexibility index (Phi) is 2.45. The first-order chi connectivity index (χ1) is 5.25. The molecule has 0 saturated heterocycles. The van der Waals surface area contributed by atoms with Gasteiger partial charge in [0.05, 0.1) is 0 Å². The van der Waals surface area contributed by atoms with Gasteiger partial charge >= 0.3 is 0 Å². The van der Waals surface area contributed by atoms with Crippen LogP contribution in [0.4, 0.5) is 0 Å². The van der Waals surface area contributed by atoms with E-state index >= 15 is 0 Å². The van der Waals surface area contributed by atoms with Crippen molar-refractivity contribution in [3.05, 3.63) is 11.1 Å². The molecule has 0 aliphatic heterocycles. The molecule has 0 radical (unpaired) electrons. The number of aliphatic hydroxyl groups is 1. The number of Topliss-reactive ketones (excluding diaryl/α,β-unsaturated/α-hetero) is 1. The minimum absolute atomic E-state index is 0.134. The average Bonchev–Trinajstić information content (AvgIpc) is 2.31. The van der Waals surface area contributed by atoms with Crippen LogP contribution in [-0.2, 0) is 4.79 Å². The van der Waals surface area contributed by atoms with Crippen molar-refractivity contribution in [2.75, 3.05) is 6.61 Å². The lowest BCUT2D eigenvalue weighted by Crippen LogP contribution is -1.89. The quantitative estimate of drug-likeness (QED) is 0.515. The standard InChI is InChI=1S/C9H10O2/c1-7-8(3-2-6-10)4-5-9(7)11/h10H,4-6H2,1H3. The third kappa shape index (κ3) is 1.69. The Morgan fingerprint density at radius 1 is 1.55 bits per heavy atom. The van der Waals surface area contributed by atoms with Crippen LogP contribution in [0.15, 0.2) is 11.1 Å². The van der Waals surface area contributed by atoms with Crippen molar-refractivity contribution in [2.24, 2.45) is 0 Å². The Morgan fingerprint density at radius 2 is 2.27 bits per heavy atom. The molecule has 0 bridgehead atoms. The Hall–Kier alpha value is -1.07. The van der Waals surface area contributed by atoms with Crippen molar-refractivity contribution in [1.82, 2.24) is 0 Å². The van der Waals surface area contributed by atoms with Crippen LogP contribution in [-0.4, -0.2) is 17.5 Å². The topological polar surface area (TPSA) is 37.3 Å². The van der Waals surface area contributed by atoms with E-state index in [0.29, 0.717) is 6.42 Å². The fourth-order valence-electron chi connectivity index (χ4n) is 1.08. The highest BCUT2D eigenvalue weighted by Crippen LogP contribution is 2.21. The molecule has 0 aromatic rings. The SMILES string of the molecule is CC1=C(C#CCO)CCC1=O. The molecule has 0 heterocycles. The van der Waals surface area contributed by atoms with Crippen LogP contribution in [0.5, 0.6) is 0 Å². The van der Waals surface area contributed by atoms with Crippen LogP contribution in [0, 0.1) is 11.8 Å². The van der Waals surface area contributed by atoms with Crippen LogP contribution in [0.2, 0.25) is 0 Å². The molecule has 0 aromatic heterocycles. The minimum Gasteiger partial charge on any atom is -0.384 e. The van der Waals surface area contributed by atoms with E-state index in [0.717, 1.165) is 17.6 Å². The van der Waals surface area contributed by atoms with Crippen molar-refractivity contribution >= 4 is 5.78 Å².